The summed E-state index contributed by atoms with van der Waals surface area (Å²) in [7, 11) is 0. The van der Waals surface area contributed by atoms with E-state index in [4.69, 9.17) is 9.47 Å². The number of pyridine rings is 1. The number of nitrogens with one attached hydrogen (secondary N) is 1. The predicted molar refractivity (Wildman–Crippen MR) is 84.0 cm³/mol. The Morgan fingerprint density at radius 1 is 1.33 bits per heavy atom. The van der Waals surface area contributed by atoms with Crippen molar-refractivity contribution in [3.63, 3.8) is 0 Å². The molecule has 0 radical (unpaired) electrons. The van der Waals surface area contributed by atoms with E-state index in [-0.39, 0.29) is 6.10 Å². The molecule has 2 heterocycles. The van der Waals surface area contributed by atoms with E-state index in [9.17, 15) is 0 Å². The molecule has 0 saturated carbocycles. The molecule has 4 nitrogen and oxygen atoms in total. The molecule has 2 rings (SSSR count). The summed E-state index contributed by atoms with van der Waals surface area (Å²) in [6, 6.07) is 6.13. The summed E-state index contributed by atoms with van der Waals surface area (Å²) in [5, 5.41) is 3.41. The van der Waals surface area contributed by atoms with Crippen LogP contribution in [0.3, 0.4) is 0 Å². The van der Waals surface area contributed by atoms with Crippen molar-refractivity contribution in [2.75, 3.05) is 19.8 Å². The fraction of sp³-hybridized carbons (Fsp3) is 0.706. The average Bonchev–Trinajstić information content (AvgIpc) is 2.48. The standard InChI is InChI=1S/C17H28N2O2/c1-14(2)10-18-11-15-6-5-7-16(19-15)12-20-13-17-8-3-4-9-21-17/h5-7,14,17-18H,3-4,8-13H2,1-2H3. The van der Waals surface area contributed by atoms with Gasteiger partial charge < -0.3 is 14.8 Å². The highest BCUT2D eigenvalue weighted by molar-refractivity contribution is 5.10. The lowest BCUT2D eigenvalue weighted by molar-refractivity contribution is -0.0452. The van der Waals surface area contributed by atoms with E-state index in [1.54, 1.807) is 0 Å². The Labute approximate surface area is 128 Å². The number of hydrogen-bond acceptors (Lipinski definition) is 4. The Morgan fingerprint density at radius 3 is 2.95 bits per heavy atom. The maximum absolute atomic E-state index is 5.75. The summed E-state index contributed by atoms with van der Waals surface area (Å²) in [5.74, 6) is 0.659. The molecule has 0 bridgehead atoms. The first-order chi connectivity index (χ1) is 10.2. The fourth-order valence-electron chi connectivity index (χ4n) is 2.43. The zero-order valence-electron chi connectivity index (χ0n) is 13.3. The fourth-order valence-corrected chi connectivity index (χ4v) is 2.43. The molecule has 1 aliphatic rings. The van der Waals surface area contributed by atoms with E-state index in [0.717, 1.165) is 37.5 Å². The molecule has 1 aromatic rings. The molecular weight excluding hydrogens is 264 g/mol. The molecule has 1 fully saturated rings. The Hall–Kier alpha value is -0.970. The summed E-state index contributed by atoms with van der Waals surface area (Å²) in [4.78, 5) is 4.62. The normalized spacial score (nSPS) is 19.1. The molecule has 4 heteroatoms. The monoisotopic (exact) mass is 292 g/mol. The van der Waals surface area contributed by atoms with Crippen molar-refractivity contribution in [1.82, 2.24) is 10.3 Å². The molecule has 1 aromatic heterocycles. The van der Waals surface area contributed by atoms with Crippen LogP contribution in [0.2, 0.25) is 0 Å². The third-order valence-electron chi connectivity index (χ3n) is 3.55. The van der Waals surface area contributed by atoms with Crippen LogP contribution < -0.4 is 5.32 Å². The van der Waals surface area contributed by atoms with Crippen molar-refractivity contribution in [3.8, 4) is 0 Å². The largest absolute Gasteiger partial charge is 0.376 e. The first-order valence-electron chi connectivity index (χ1n) is 8.09. The summed E-state index contributed by atoms with van der Waals surface area (Å²) < 4.78 is 11.4. The van der Waals surface area contributed by atoms with Gasteiger partial charge in [0.1, 0.15) is 0 Å². The van der Waals surface area contributed by atoms with Crippen molar-refractivity contribution in [2.45, 2.75) is 52.4 Å². The van der Waals surface area contributed by atoms with Crippen molar-refractivity contribution in [1.29, 1.82) is 0 Å². The van der Waals surface area contributed by atoms with Gasteiger partial charge in [0.25, 0.3) is 0 Å². The number of rotatable bonds is 8. The van der Waals surface area contributed by atoms with E-state index < -0.39 is 0 Å². The molecular formula is C17H28N2O2. The number of hydrogen-bond donors (Lipinski definition) is 1. The Balaban J connectivity index is 1.70. The second kappa shape index (κ2) is 9.13. The highest BCUT2D eigenvalue weighted by atomic mass is 16.5. The number of aromatic nitrogens is 1. The van der Waals surface area contributed by atoms with Crippen molar-refractivity contribution in [2.24, 2.45) is 5.92 Å². The molecule has 0 aromatic carbocycles. The molecule has 0 amide bonds. The molecule has 1 unspecified atom stereocenters. The van der Waals surface area contributed by atoms with Crippen molar-refractivity contribution in [3.05, 3.63) is 29.6 Å². The van der Waals surface area contributed by atoms with Crippen LogP contribution >= 0.6 is 0 Å². The first kappa shape index (κ1) is 16.4. The quantitative estimate of drug-likeness (QED) is 0.800. The minimum absolute atomic E-state index is 0.273. The highest BCUT2D eigenvalue weighted by Gasteiger charge is 2.13. The molecule has 1 saturated heterocycles. The summed E-state index contributed by atoms with van der Waals surface area (Å²) >= 11 is 0. The lowest BCUT2D eigenvalue weighted by atomic mass is 10.1. The highest BCUT2D eigenvalue weighted by Crippen LogP contribution is 2.13. The zero-order valence-corrected chi connectivity index (χ0v) is 13.3. The van der Waals surface area contributed by atoms with Crippen LogP contribution in [-0.2, 0) is 22.6 Å². The van der Waals surface area contributed by atoms with E-state index >= 15 is 0 Å². The van der Waals surface area contributed by atoms with E-state index in [1.807, 2.05) is 6.07 Å². The van der Waals surface area contributed by atoms with Crippen LogP contribution in [0.5, 0.6) is 0 Å². The van der Waals surface area contributed by atoms with E-state index in [1.165, 1.54) is 12.8 Å². The van der Waals surface area contributed by atoms with Crippen LogP contribution in [0.15, 0.2) is 18.2 Å². The summed E-state index contributed by atoms with van der Waals surface area (Å²) in [5.41, 5.74) is 2.07. The maximum Gasteiger partial charge on any atom is 0.0889 e. The van der Waals surface area contributed by atoms with Gasteiger partial charge in [-0.05, 0) is 43.9 Å². The zero-order chi connectivity index (χ0) is 14.9. The summed E-state index contributed by atoms with van der Waals surface area (Å²) in [6.45, 7) is 8.37. The summed E-state index contributed by atoms with van der Waals surface area (Å²) in [6.07, 6.45) is 3.83. The Kier molecular flexibility index (Phi) is 7.13. The second-order valence-corrected chi connectivity index (χ2v) is 6.15. The van der Waals surface area contributed by atoms with Crippen molar-refractivity contribution >= 4 is 0 Å². The SMILES string of the molecule is CC(C)CNCc1cccc(COCC2CCCCO2)n1. The van der Waals surface area contributed by atoms with Gasteiger partial charge in [0.05, 0.1) is 30.7 Å². The number of nitrogens with zero attached hydrogens (tertiary/aromatic N) is 1. The van der Waals surface area contributed by atoms with Gasteiger partial charge in [-0.1, -0.05) is 19.9 Å². The third-order valence-corrected chi connectivity index (χ3v) is 3.55. The van der Waals surface area contributed by atoms with Gasteiger partial charge in [0.2, 0.25) is 0 Å². The van der Waals surface area contributed by atoms with Gasteiger partial charge in [-0.3, -0.25) is 4.98 Å². The van der Waals surface area contributed by atoms with Crippen LogP contribution in [-0.4, -0.2) is 30.8 Å². The van der Waals surface area contributed by atoms with Gasteiger partial charge in [-0.15, -0.1) is 0 Å². The van der Waals surface area contributed by atoms with E-state index in [0.29, 0.717) is 19.1 Å². The molecule has 1 N–H and O–H groups in total. The minimum Gasteiger partial charge on any atom is -0.376 e. The average molecular weight is 292 g/mol. The first-order valence-corrected chi connectivity index (χ1v) is 8.09. The Morgan fingerprint density at radius 2 is 2.19 bits per heavy atom. The lowest BCUT2D eigenvalue weighted by Crippen LogP contribution is -2.24. The second-order valence-electron chi connectivity index (χ2n) is 6.15. The maximum atomic E-state index is 5.75. The lowest BCUT2D eigenvalue weighted by Gasteiger charge is -2.22. The van der Waals surface area contributed by atoms with Crippen molar-refractivity contribution < 1.29 is 9.47 Å². The van der Waals surface area contributed by atoms with Crippen LogP contribution in [0.25, 0.3) is 0 Å². The molecule has 0 spiro atoms. The predicted octanol–water partition coefficient (Wildman–Crippen LogP) is 2.91. The topological polar surface area (TPSA) is 43.4 Å². The molecule has 0 aliphatic carbocycles. The van der Waals surface area contributed by atoms with Crippen LogP contribution in [0.1, 0.15) is 44.5 Å². The third kappa shape index (κ3) is 6.55. The molecule has 1 aliphatic heterocycles. The van der Waals surface area contributed by atoms with E-state index in [2.05, 4.69) is 36.3 Å². The smallest absolute Gasteiger partial charge is 0.0889 e. The van der Waals surface area contributed by atoms with Crippen LogP contribution in [0.4, 0.5) is 0 Å². The number of ether oxygens (including phenoxy) is 2. The molecule has 1 atom stereocenters. The van der Waals surface area contributed by atoms with Gasteiger partial charge in [-0.25, -0.2) is 0 Å². The van der Waals surface area contributed by atoms with Crippen LogP contribution in [0, 0.1) is 5.92 Å². The Bertz CT molecular complexity index is 404. The van der Waals surface area contributed by atoms with Gasteiger partial charge in [-0.2, -0.15) is 0 Å². The van der Waals surface area contributed by atoms with Gasteiger partial charge >= 0.3 is 0 Å². The molecule has 21 heavy (non-hydrogen) atoms. The minimum atomic E-state index is 0.273. The van der Waals surface area contributed by atoms with Gasteiger partial charge in [0, 0.05) is 13.2 Å². The molecule has 118 valence electrons. The van der Waals surface area contributed by atoms with Gasteiger partial charge in [0.15, 0.2) is 0 Å².